The van der Waals surface area contributed by atoms with Gasteiger partial charge in [-0.3, -0.25) is 4.79 Å². The van der Waals surface area contributed by atoms with Crippen LogP contribution in [-0.4, -0.2) is 19.1 Å². The molecule has 2 aromatic rings. The fourth-order valence-corrected chi connectivity index (χ4v) is 2.42. The maximum Gasteiger partial charge on any atom is 0.256 e. The van der Waals surface area contributed by atoms with Crippen molar-refractivity contribution in [1.82, 2.24) is 5.32 Å². The first-order valence-electron chi connectivity index (χ1n) is 7.48. The number of ether oxygens (including phenoxy) is 2. The number of rotatable bonds is 6. The fraction of sp³-hybridized carbons (Fsp3) is 0.278. The number of hydrogen-bond donors (Lipinski definition) is 1. The molecule has 0 saturated carbocycles. The standard InChI is InChI=1S/C18H19ClFNO3/c1-11(2)24-16-6-4-5-13(19)17(16)18(22)21-10-12-7-8-15(23-3)14(20)9-12/h4-9,11H,10H2,1-3H3,(H,21,22). The van der Waals surface area contributed by atoms with Gasteiger partial charge in [0.25, 0.3) is 5.91 Å². The summed E-state index contributed by atoms with van der Waals surface area (Å²) in [6, 6.07) is 9.54. The summed E-state index contributed by atoms with van der Waals surface area (Å²) < 4.78 is 24.2. The molecule has 0 aliphatic heterocycles. The van der Waals surface area contributed by atoms with Gasteiger partial charge in [-0.15, -0.1) is 0 Å². The van der Waals surface area contributed by atoms with Crippen molar-refractivity contribution in [2.24, 2.45) is 0 Å². The Labute approximate surface area is 145 Å². The molecule has 0 saturated heterocycles. The van der Waals surface area contributed by atoms with Gasteiger partial charge in [0.2, 0.25) is 0 Å². The zero-order chi connectivity index (χ0) is 17.7. The summed E-state index contributed by atoms with van der Waals surface area (Å²) >= 11 is 6.14. The topological polar surface area (TPSA) is 47.6 Å². The van der Waals surface area contributed by atoms with Gasteiger partial charge in [-0.25, -0.2) is 4.39 Å². The van der Waals surface area contributed by atoms with E-state index in [2.05, 4.69) is 5.32 Å². The van der Waals surface area contributed by atoms with E-state index in [1.165, 1.54) is 19.2 Å². The highest BCUT2D eigenvalue weighted by Gasteiger charge is 2.17. The van der Waals surface area contributed by atoms with Crippen molar-refractivity contribution in [3.05, 3.63) is 58.4 Å². The minimum atomic E-state index is -0.481. The predicted molar refractivity (Wildman–Crippen MR) is 91.3 cm³/mol. The van der Waals surface area contributed by atoms with Gasteiger partial charge < -0.3 is 14.8 Å². The van der Waals surface area contributed by atoms with Crippen molar-refractivity contribution in [2.45, 2.75) is 26.5 Å². The number of carbonyl (C=O) groups excluding carboxylic acids is 1. The molecule has 0 aromatic heterocycles. The molecule has 0 bridgehead atoms. The molecule has 0 radical (unpaired) electrons. The van der Waals surface area contributed by atoms with Crippen LogP contribution >= 0.6 is 11.6 Å². The van der Waals surface area contributed by atoms with Gasteiger partial charge in [-0.05, 0) is 43.7 Å². The van der Waals surface area contributed by atoms with E-state index < -0.39 is 5.82 Å². The Balaban J connectivity index is 2.14. The smallest absolute Gasteiger partial charge is 0.256 e. The van der Waals surface area contributed by atoms with Crippen molar-refractivity contribution < 1.29 is 18.7 Å². The van der Waals surface area contributed by atoms with Gasteiger partial charge in [0, 0.05) is 6.54 Å². The number of amides is 1. The molecular formula is C18H19ClFNO3. The van der Waals surface area contributed by atoms with Crippen molar-refractivity contribution in [3.8, 4) is 11.5 Å². The van der Waals surface area contributed by atoms with E-state index in [0.717, 1.165) is 0 Å². The van der Waals surface area contributed by atoms with Crippen LogP contribution in [0.15, 0.2) is 36.4 Å². The highest BCUT2D eigenvalue weighted by molar-refractivity contribution is 6.34. The Bertz CT molecular complexity index is 734. The van der Waals surface area contributed by atoms with Crippen LogP contribution in [0.4, 0.5) is 4.39 Å². The molecule has 128 valence electrons. The summed E-state index contributed by atoms with van der Waals surface area (Å²) in [6.07, 6.45) is -0.0919. The van der Waals surface area contributed by atoms with Gasteiger partial charge in [0.15, 0.2) is 11.6 Å². The normalized spacial score (nSPS) is 10.6. The number of methoxy groups -OCH3 is 1. The lowest BCUT2D eigenvalue weighted by Gasteiger charge is -2.15. The Kier molecular flexibility index (Phi) is 6.04. The fourth-order valence-electron chi connectivity index (χ4n) is 2.17. The van der Waals surface area contributed by atoms with E-state index in [0.29, 0.717) is 16.3 Å². The molecule has 1 N–H and O–H groups in total. The Morgan fingerprint density at radius 3 is 2.62 bits per heavy atom. The van der Waals surface area contributed by atoms with Crippen LogP contribution in [0.2, 0.25) is 5.02 Å². The first-order chi connectivity index (χ1) is 11.4. The SMILES string of the molecule is COc1ccc(CNC(=O)c2c(Cl)cccc2OC(C)C)cc1F. The molecule has 0 unspecified atom stereocenters. The molecule has 2 rings (SSSR count). The zero-order valence-electron chi connectivity index (χ0n) is 13.7. The lowest BCUT2D eigenvalue weighted by atomic mass is 10.1. The number of benzene rings is 2. The highest BCUT2D eigenvalue weighted by Crippen LogP contribution is 2.27. The molecular weight excluding hydrogens is 333 g/mol. The van der Waals surface area contributed by atoms with Crippen LogP contribution in [0.3, 0.4) is 0 Å². The molecule has 0 aliphatic carbocycles. The Morgan fingerprint density at radius 2 is 2.00 bits per heavy atom. The molecule has 0 aliphatic rings. The Morgan fingerprint density at radius 1 is 1.25 bits per heavy atom. The Hall–Kier alpha value is -2.27. The molecule has 1 amide bonds. The highest BCUT2D eigenvalue weighted by atomic mass is 35.5. The van der Waals surface area contributed by atoms with E-state index >= 15 is 0 Å². The maximum atomic E-state index is 13.7. The third-order valence-electron chi connectivity index (χ3n) is 3.23. The minimum absolute atomic E-state index is 0.0919. The van der Waals surface area contributed by atoms with Crippen LogP contribution in [0.25, 0.3) is 0 Å². The van der Waals surface area contributed by atoms with Crippen molar-refractivity contribution in [3.63, 3.8) is 0 Å². The third-order valence-corrected chi connectivity index (χ3v) is 3.55. The maximum absolute atomic E-state index is 13.7. The predicted octanol–water partition coefficient (Wildman–Crippen LogP) is 4.20. The lowest BCUT2D eigenvalue weighted by molar-refractivity contribution is 0.0945. The largest absolute Gasteiger partial charge is 0.494 e. The third kappa shape index (κ3) is 4.38. The molecule has 24 heavy (non-hydrogen) atoms. The van der Waals surface area contributed by atoms with E-state index in [9.17, 15) is 9.18 Å². The molecule has 0 atom stereocenters. The summed E-state index contributed by atoms with van der Waals surface area (Å²) in [5, 5.41) is 3.02. The first-order valence-corrected chi connectivity index (χ1v) is 7.86. The van der Waals surface area contributed by atoms with Crippen LogP contribution in [0, 0.1) is 5.82 Å². The number of nitrogens with one attached hydrogen (secondary N) is 1. The van der Waals surface area contributed by atoms with E-state index in [4.69, 9.17) is 21.1 Å². The molecule has 4 nitrogen and oxygen atoms in total. The van der Waals surface area contributed by atoms with E-state index in [1.54, 1.807) is 24.3 Å². The minimum Gasteiger partial charge on any atom is -0.494 e. The average molecular weight is 352 g/mol. The summed E-state index contributed by atoms with van der Waals surface area (Å²) in [5.74, 6) is -0.294. The van der Waals surface area contributed by atoms with Crippen LogP contribution in [0.1, 0.15) is 29.8 Å². The number of hydrogen-bond acceptors (Lipinski definition) is 3. The average Bonchev–Trinajstić information content (AvgIpc) is 2.52. The van der Waals surface area contributed by atoms with Crippen molar-refractivity contribution >= 4 is 17.5 Å². The molecule has 0 spiro atoms. The first kappa shape index (κ1) is 18.1. The summed E-state index contributed by atoms with van der Waals surface area (Å²) in [7, 11) is 1.40. The van der Waals surface area contributed by atoms with E-state index in [-0.39, 0.29) is 29.9 Å². The monoisotopic (exact) mass is 351 g/mol. The van der Waals surface area contributed by atoms with Gasteiger partial charge in [-0.1, -0.05) is 23.7 Å². The van der Waals surface area contributed by atoms with E-state index in [1.807, 2.05) is 13.8 Å². The van der Waals surface area contributed by atoms with Gasteiger partial charge >= 0.3 is 0 Å². The summed E-state index contributed by atoms with van der Waals surface area (Å²) in [4.78, 5) is 12.5. The molecule has 0 fully saturated rings. The molecule has 2 aromatic carbocycles. The van der Waals surface area contributed by atoms with Gasteiger partial charge in [-0.2, -0.15) is 0 Å². The van der Waals surface area contributed by atoms with Gasteiger partial charge in [0.05, 0.1) is 23.8 Å². The quantitative estimate of drug-likeness (QED) is 0.848. The van der Waals surface area contributed by atoms with Crippen LogP contribution in [0.5, 0.6) is 11.5 Å². The summed E-state index contributed by atoms with van der Waals surface area (Å²) in [5.41, 5.74) is 0.877. The molecule has 6 heteroatoms. The lowest BCUT2D eigenvalue weighted by Crippen LogP contribution is -2.24. The second-order valence-corrected chi connectivity index (χ2v) is 5.84. The second kappa shape index (κ2) is 8.02. The van der Waals surface area contributed by atoms with Crippen LogP contribution < -0.4 is 14.8 Å². The zero-order valence-corrected chi connectivity index (χ0v) is 14.5. The number of halogens is 2. The van der Waals surface area contributed by atoms with Gasteiger partial charge in [0.1, 0.15) is 5.75 Å². The molecule has 0 heterocycles. The van der Waals surface area contributed by atoms with Crippen molar-refractivity contribution in [2.75, 3.05) is 7.11 Å². The van der Waals surface area contributed by atoms with Crippen LogP contribution in [-0.2, 0) is 6.54 Å². The number of carbonyl (C=O) groups is 1. The van der Waals surface area contributed by atoms with Crippen molar-refractivity contribution in [1.29, 1.82) is 0 Å². The summed E-state index contributed by atoms with van der Waals surface area (Å²) in [6.45, 7) is 3.89. The second-order valence-electron chi connectivity index (χ2n) is 5.43.